The number of nitrogens with zero attached hydrogens (tertiary/aromatic N) is 5. The molecular weight excluding hydrogens is 282 g/mol. The summed E-state index contributed by atoms with van der Waals surface area (Å²) in [4.78, 5) is 5.88. The highest BCUT2D eigenvalue weighted by atomic mass is 16.3. The van der Waals surface area contributed by atoms with Gasteiger partial charge in [0.2, 0.25) is 11.7 Å². The second kappa shape index (κ2) is 5.28. The summed E-state index contributed by atoms with van der Waals surface area (Å²) >= 11 is 0. The van der Waals surface area contributed by atoms with Crippen LogP contribution in [0.3, 0.4) is 0 Å². The van der Waals surface area contributed by atoms with Crippen molar-refractivity contribution >= 4 is 0 Å². The standard InChI is InChI=1S/C15H11N5O2/c1-2-5-11(6-3-1)15-16-12(10-22-15)9-20-18-14(17-19-20)13-7-4-8-21-13/h1-8,10H,9H2. The van der Waals surface area contributed by atoms with Crippen molar-refractivity contribution in [1.29, 1.82) is 0 Å². The number of rotatable bonds is 4. The van der Waals surface area contributed by atoms with Crippen molar-refractivity contribution in [3.63, 3.8) is 0 Å². The molecule has 0 aliphatic carbocycles. The first kappa shape index (κ1) is 12.5. The monoisotopic (exact) mass is 293 g/mol. The third kappa shape index (κ3) is 2.39. The summed E-state index contributed by atoms with van der Waals surface area (Å²) in [6, 6.07) is 13.3. The highest BCUT2D eigenvalue weighted by molar-refractivity contribution is 5.52. The number of tetrazole rings is 1. The van der Waals surface area contributed by atoms with E-state index in [4.69, 9.17) is 8.83 Å². The van der Waals surface area contributed by atoms with E-state index in [-0.39, 0.29) is 0 Å². The molecule has 0 saturated carbocycles. The van der Waals surface area contributed by atoms with Gasteiger partial charge in [-0.05, 0) is 29.5 Å². The van der Waals surface area contributed by atoms with Gasteiger partial charge in [-0.15, -0.1) is 10.2 Å². The number of furan rings is 1. The maximum Gasteiger partial charge on any atom is 0.240 e. The largest absolute Gasteiger partial charge is 0.461 e. The van der Waals surface area contributed by atoms with Crippen LogP contribution >= 0.6 is 0 Å². The summed E-state index contributed by atoms with van der Waals surface area (Å²) in [7, 11) is 0. The lowest BCUT2D eigenvalue weighted by atomic mass is 10.2. The molecule has 0 atom stereocenters. The zero-order valence-corrected chi connectivity index (χ0v) is 11.5. The molecule has 7 heteroatoms. The van der Waals surface area contributed by atoms with Crippen LogP contribution in [-0.2, 0) is 6.54 Å². The van der Waals surface area contributed by atoms with E-state index in [0.717, 1.165) is 11.3 Å². The number of oxazole rings is 1. The molecule has 0 radical (unpaired) electrons. The molecule has 0 bridgehead atoms. The summed E-state index contributed by atoms with van der Waals surface area (Å²) in [5.41, 5.74) is 1.65. The van der Waals surface area contributed by atoms with E-state index in [1.165, 1.54) is 4.80 Å². The fourth-order valence-corrected chi connectivity index (χ4v) is 2.05. The minimum atomic E-state index is 0.379. The number of hydrogen-bond acceptors (Lipinski definition) is 6. The second-order valence-electron chi connectivity index (χ2n) is 4.63. The summed E-state index contributed by atoms with van der Waals surface area (Å²) in [5, 5.41) is 12.2. The van der Waals surface area contributed by atoms with Gasteiger partial charge in [0, 0.05) is 5.56 Å². The van der Waals surface area contributed by atoms with Crippen LogP contribution in [0, 0.1) is 0 Å². The Morgan fingerprint density at radius 3 is 2.73 bits per heavy atom. The third-order valence-corrected chi connectivity index (χ3v) is 3.07. The Balaban J connectivity index is 1.54. The molecule has 0 aliphatic rings. The van der Waals surface area contributed by atoms with Crippen molar-refractivity contribution in [3.05, 3.63) is 60.7 Å². The molecule has 3 heterocycles. The number of aromatic nitrogens is 5. The van der Waals surface area contributed by atoms with Gasteiger partial charge in [0.05, 0.1) is 6.26 Å². The molecule has 3 aromatic heterocycles. The average Bonchev–Trinajstić information content (AvgIpc) is 3.30. The fraction of sp³-hybridized carbons (Fsp3) is 0.0667. The predicted molar refractivity (Wildman–Crippen MR) is 76.6 cm³/mol. The van der Waals surface area contributed by atoms with Crippen molar-refractivity contribution < 1.29 is 8.83 Å². The Labute approximate surface area is 125 Å². The van der Waals surface area contributed by atoms with Gasteiger partial charge < -0.3 is 8.83 Å². The SMILES string of the molecule is c1ccc(-c2nc(Cn3nnc(-c4ccco4)n3)co2)cc1. The summed E-state index contributed by atoms with van der Waals surface area (Å²) in [5.74, 6) is 1.59. The van der Waals surface area contributed by atoms with Crippen LogP contribution < -0.4 is 0 Å². The first-order valence-corrected chi connectivity index (χ1v) is 6.70. The molecule has 0 unspecified atom stereocenters. The third-order valence-electron chi connectivity index (χ3n) is 3.07. The van der Waals surface area contributed by atoms with Crippen LogP contribution in [0.15, 0.2) is 63.8 Å². The molecule has 4 aromatic rings. The quantitative estimate of drug-likeness (QED) is 0.575. The Morgan fingerprint density at radius 1 is 1.00 bits per heavy atom. The first-order valence-electron chi connectivity index (χ1n) is 6.70. The van der Waals surface area contributed by atoms with Crippen LogP contribution in [0.25, 0.3) is 23.0 Å². The molecule has 22 heavy (non-hydrogen) atoms. The van der Waals surface area contributed by atoms with Crippen LogP contribution in [0.4, 0.5) is 0 Å². The highest BCUT2D eigenvalue weighted by Gasteiger charge is 2.11. The maximum absolute atomic E-state index is 5.48. The van der Waals surface area contributed by atoms with E-state index in [1.54, 1.807) is 24.7 Å². The zero-order chi connectivity index (χ0) is 14.8. The molecule has 0 amide bonds. The van der Waals surface area contributed by atoms with Crippen molar-refractivity contribution in [2.45, 2.75) is 6.54 Å². The Bertz CT molecular complexity index is 864. The van der Waals surface area contributed by atoms with Gasteiger partial charge in [-0.2, -0.15) is 4.80 Å². The summed E-state index contributed by atoms with van der Waals surface area (Å²) in [6.07, 6.45) is 3.16. The first-order chi connectivity index (χ1) is 10.9. The Hall–Kier alpha value is -3.22. The highest BCUT2D eigenvalue weighted by Crippen LogP contribution is 2.18. The van der Waals surface area contributed by atoms with Crippen molar-refractivity contribution in [1.82, 2.24) is 25.2 Å². The molecule has 0 N–H and O–H groups in total. The molecule has 7 nitrogen and oxygen atoms in total. The molecule has 0 saturated heterocycles. The van der Waals surface area contributed by atoms with E-state index in [9.17, 15) is 0 Å². The lowest BCUT2D eigenvalue weighted by Crippen LogP contribution is -2.04. The number of benzene rings is 1. The summed E-state index contributed by atoms with van der Waals surface area (Å²) < 4.78 is 10.7. The van der Waals surface area contributed by atoms with Crippen molar-refractivity contribution in [2.75, 3.05) is 0 Å². The van der Waals surface area contributed by atoms with Crippen LogP contribution in [0.1, 0.15) is 5.69 Å². The smallest absolute Gasteiger partial charge is 0.240 e. The van der Waals surface area contributed by atoms with E-state index in [0.29, 0.717) is 24.0 Å². The zero-order valence-electron chi connectivity index (χ0n) is 11.5. The Kier molecular flexibility index (Phi) is 3.01. The normalized spacial score (nSPS) is 10.9. The second-order valence-corrected chi connectivity index (χ2v) is 4.63. The van der Waals surface area contributed by atoms with E-state index in [2.05, 4.69) is 20.4 Å². The van der Waals surface area contributed by atoms with Crippen molar-refractivity contribution in [2.24, 2.45) is 0 Å². The van der Waals surface area contributed by atoms with Gasteiger partial charge in [-0.1, -0.05) is 18.2 Å². The topological polar surface area (TPSA) is 82.8 Å². The number of hydrogen-bond donors (Lipinski definition) is 0. The van der Waals surface area contributed by atoms with Crippen LogP contribution in [0.2, 0.25) is 0 Å². The van der Waals surface area contributed by atoms with E-state index < -0.39 is 0 Å². The molecule has 0 aliphatic heterocycles. The maximum atomic E-state index is 5.48. The van der Waals surface area contributed by atoms with Crippen LogP contribution in [-0.4, -0.2) is 25.2 Å². The van der Waals surface area contributed by atoms with Gasteiger partial charge in [-0.3, -0.25) is 0 Å². The lowest BCUT2D eigenvalue weighted by Gasteiger charge is -1.93. The predicted octanol–water partition coefficient (Wildman–Crippen LogP) is 2.64. The molecule has 1 aromatic carbocycles. The summed E-state index contributed by atoms with van der Waals surface area (Å²) in [6.45, 7) is 0.379. The average molecular weight is 293 g/mol. The molecular formula is C15H11N5O2. The molecule has 108 valence electrons. The van der Waals surface area contributed by atoms with Crippen molar-refractivity contribution in [3.8, 4) is 23.0 Å². The Morgan fingerprint density at radius 2 is 1.91 bits per heavy atom. The van der Waals surface area contributed by atoms with Gasteiger partial charge in [0.1, 0.15) is 18.5 Å². The van der Waals surface area contributed by atoms with E-state index in [1.807, 2.05) is 30.3 Å². The van der Waals surface area contributed by atoms with Gasteiger partial charge in [0.15, 0.2) is 5.76 Å². The molecule has 0 fully saturated rings. The minimum absolute atomic E-state index is 0.379. The lowest BCUT2D eigenvalue weighted by molar-refractivity contribution is 0.548. The fourth-order valence-electron chi connectivity index (χ4n) is 2.05. The minimum Gasteiger partial charge on any atom is -0.461 e. The van der Waals surface area contributed by atoms with Crippen LogP contribution in [0.5, 0.6) is 0 Å². The van der Waals surface area contributed by atoms with E-state index >= 15 is 0 Å². The molecule has 0 spiro atoms. The van der Waals surface area contributed by atoms with Gasteiger partial charge >= 0.3 is 0 Å². The van der Waals surface area contributed by atoms with Gasteiger partial charge in [-0.25, -0.2) is 4.98 Å². The van der Waals surface area contributed by atoms with Gasteiger partial charge in [0.25, 0.3) is 0 Å². The molecule has 4 rings (SSSR count).